The van der Waals surface area contributed by atoms with Gasteiger partial charge in [0.05, 0.1) is 6.33 Å². The molecule has 0 saturated carbocycles. The lowest BCUT2D eigenvalue weighted by Gasteiger charge is -2.30. The molecule has 1 aromatic heterocycles. The summed E-state index contributed by atoms with van der Waals surface area (Å²) in [4.78, 5) is 17.7. The number of likely N-dealkylation sites (tertiary alicyclic amines) is 1. The number of benzene rings is 1. The molecule has 6 nitrogen and oxygen atoms in total. The van der Waals surface area contributed by atoms with Crippen LogP contribution in [0.2, 0.25) is 0 Å². The van der Waals surface area contributed by atoms with E-state index in [-0.39, 0.29) is 11.8 Å². The zero-order valence-electron chi connectivity index (χ0n) is 14.6. The Bertz CT molecular complexity index is 645. The van der Waals surface area contributed by atoms with Gasteiger partial charge in [-0.25, -0.2) is 4.98 Å². The quantitative estimate of drug-likeness (QED) is 0.714. The molecule has 0 unspecified atom stereocenters. The molecule has 1 fully saturated rings. The van der Waals surface area contributed by atoms with Gasteiger partial charge in [0.2, 0.25) is 5.91 Å². The lowest BCUT2D eigenvalue weighted by Crippen LogP contribution is -2.39. The van der Waals surface area contributed by atoms with Crippen molar-refractivity contribution in [1.82, 2.24) is 19.8 Å². The normalized spacial score (nSPS) is 16.2. The van der Waals surface area contributed by atoms with E-state index in [0.29, 0.717) is 0 Å². The number of nitrogens with one attached hydrogen (secondary N) is 1. The third kappa shape index (κ3) is 5.14. The summed E-state index contributed by atoms with van der Waals surface area (Å²) in [6.07, 6.45) is 8.47. The summed E-state index contributed by atoms with van der Waals surface area (Å²) in [6.45, 7) is 4.94. The van der Waals surface area contributed by atoms with Crippen LogP contribution in [-0.4, -0.2) is 46.5 Å². The van der Waals surface area contributed by atoms with Crippen LogP contribution >= 0.6 is 0 Å². The maximum absolute atomic E-state index is 11.2. The van der Waals surface area contributed by atoms with Gasteiger partial charge in [-0.2, -0.15) is 0 Å². The number of nitrogens with two attached hydrogens (primary N) is 1. The van der Waals surface area contributed by atoms with E-state index in [4.69, 9.17) is 5.73 Å². The number of aromatic nitrogens is 2. The van der Waals surface area contributed by atoms with E-state index in [2.05, 4.69) is 39.5 Å². The minimum absolute atomic E-state index is 0.0830. The SMILES string of the molecule is NC(=O)C1CCN(CCCNCc2ccc(-n3ccnc3)cc2)CC1. The maximum Gasteiger partial charge on any atom is 0.220 e. The summed E-state index contributed by atoms with van der Waals surface area (Å²) >= 11 is 0. The van der Waals surface area contributed by atoms with Gasteiger partial charge in [-0.3, -0.25) is 4.79 Å². The topological polar surface area (TPSA) is 76.2 Å². The number of imidazole rings is 1. The second-order valence-electron chi connectivity index (χ2n) is 6.69. The molecule has 134 valence electrons. The van der Waals surface area contributed by atoms with Crippen molar-refractivity contribution < 1.29 is 4.79 Å². The van der Waals surface area contributed by atoms with Crippen molar-refractivity contribution in [2.75, 3.05) is 26.2 Å². The third-order valence-corrected chi connectivity index (χ3v) is 4.89. The molecular weight excluding hydrogens is 314 g/mol. The Hall–Kier alpha value is -2.18. The molecule has 0 spiro atoms. The van der Waals surface area contributed by atoms with Crippen LogP contribution in [0.15, 0.2) is 43.0 Å². The molecule has 3 N–H and O–H groups in total. The predicted molar refractivity (Wildman–Crippen MR) is 98.2 cm³/mol. The molecule has 0 aliphatic carbocycles. The van der Waals surface area contributed by atoms with Crippen LogP contribution in [-0.2, 0) is 11.3 Å². The molecule has 2 aromatic rings. The first-order valence-electron chi connectivity index (χ1n) is 9.02. The summed E-state index contributed by atoms with van der Waals surface area (Å²) < 4.78 is 2.00. The molecule has 25 heavy (non-hydrogen) atoms. The van der Waals surface area contributed by atoms with E-state index in [1.165, 1.54) is 5.56 Å². The number of primary amides is 1. The van der Waals surface area contributed by atoms with E-state index in [1.807, 2.05) is 10.8 Å². The summed E-state index contributed by atoms with van der Waals surface area (Å²) in [5.41, 5.74) is 7.78. The van der Waals surface area contributed by atoms with Gasteiger partial charge in [-0.1, -0.05) is 12.1 Å². The molecule has 6 heteroatoms. The van der Waals surface area contributed by atoms with Gasteiger partial charge in [-0.15, -0.1) is 0 Å². The van der Waals surface area contributed by atoms with Crippen LogP contribution in [0, 0.1) is 5.92 Å². The molecule has 2 heterocycles. The largest absolute Gasteiger partial charge is 0.369 e. The molecule has 1 saturated heterocycles. The zero-order valence-corrected chi connectivity index (χ0v) is 14.6. The number of carbonyl (C=O) groups is 1. The lowest BCUT2D eigenvalue weighted by atomic mass is 9.96. The van der Waals surface area contributed by atoms with Crippen molar-refractivity contribution in [3.05, 3.63) is 48.5 Å². The highest BCUT2D eigenvalue weighted by Gasteiger charge is 2.22. The van der Waals surface area contributed by atoms with Gasteiger partial charge < -0.3 is 20.5 Å². The van der Waals surface area contributed by atoms with Crippen LogP contribution in [0.4, 0.5) is 0 Å². The molecule has 0 radical (unpaired) electrons. The molecule has 1 aliphatic rings. The fourth-order valence-electron chi connectivity index (χ4n) is 3.30. The maximum atomic E-state index is 11.2. The van der Waals surface area contributed by atoms with Crippen LogP contribution in [0.1, 0.15) is 24.8 Å². The van der Waals surface area contributed by atoms with Gasteiger partial charge in [0, 0.05) is 30.5 Å². The van der Waals surface area contributed by atoms with Gasteiger partial charge in [0.1, 0.15) is 0 Å². The van der Waals surface area contributed by atoms with E-state index < -0.39 is 0 Å². The van der Waals surface area contributed by atoms with Crippen molar-refractivity contribution in [2.45, 2.75) is 25.8 Å². The molecule has 3 rings (SSSR count). The van der Waals surface area contributed by atoms with E-state index in [0.717, 1.165) is 57.7 Å². The van der Waals surface area contributed by atoms with Crippen molar-refractivity contribution in [3.63, 3.8) is 0 Å². The Kier molecular flexibility index (Phi) is 6.19. The highest BCUT2D eigenvalue weighted by atomic mass is 16.1. The zero-order chi connectivity index (χ0) is 17.5. The summed E-state index contributed by atoms with van der Waals surface area (Å²) in [7, 11) is 0. The number of amides is 1. The number of nitrogens with zero attached hydrogens (tertiary/aromatic N) is 3. The molecule has 0 atom stereocenters. The van der Waals surface area contributed by atoms with Crippen LogP contribution in [0.3, 0.4) is 0 Å². The average molecular weight is 341 g/mol. The fourth-order valence-corrected chi connectivity index (χ4v) is 3.30. The van der Waals surface area contributed by atoms with Crippen molar-refractivity contribution in [3.8, 4) is 5.69 Å². The minimum atomic E-state index is -0.139. The smallest absolute Gasteiger partial charge is 0.220 e. The molecule has 0 bridgehead atoms. The second-order valence-corrected chi connectivity index (χ2v) is 6.69. The Morgan fingerprint density at radius 1 is 1.24 bits per heavy atom. The van der Waals surface area contributed by atoms with Crippen LogP contribution in [0.5, 0.6) is 0 Å². The number of carbonyl (C=O) groups excluding carboxylic acids is 1. The Balaban J connectivity index is 1.31. The first-order chi connectivity index (χ1) is 12.2. The molecular formula is C19H27N5O. The summed E-state index contributed by atoms with van der Waals surface area (Å²) in [5.74, 6) is -0.0555. The monoisotopic (exact) mass is 341 g/mol. The van der Waals surface area contributed by atoms with E-state index in [9.17, 15) is 4.79 Å². The first-order valence-corrected chi connectivity index (χ1v) is 9.02. The third-order valence-electron chi connectivity index (χ3n) is 4.89. The van der Waals surface area contributed by atoms with Gasteiger partial charge in [0.25, 0.3) is 0 Å². The highest BCUT2D eigenvalue weighted by Crippen LogP contribution is 2.16. The number of piperidine rings is 1. The fraction of sp³-hybridized carbons (Fsp3) is 0.474. The molecule has 1 amide bonds. The summed E-state index contributed by atoms with van der Waals surface area (Å²) in [6, 6.07) is 8.52. The van der Waals surface area contributed by atoms with Gasteiger partial charge >= 0.3 is 0 Å². The van der Waals surface area contributed by atoms with Gasteiger partial charge in [-0.05, 0) is 63.1 Å². The number of hydrogen-bond acceptors (Lipinski definition) is 4. The number of rotatable bonds is 8. The Morgan fingerprint density at radius 2 is 2.00 bits per heavy atom. The van der Waals surface area contributed by atoms with Crippen molar-refractivity contribution in [2.24, 2.45) is 11.7 Å². The Morgan fingerprint density at radius 3 is 2.64 bits per heavy atom. The Labute approximate surface area is 149 Å². The van der Waals surface area contributed by atoms with Crippen LogP contribution in [0.25, 0.3) is 5.69 Å². The van der Waals surface area contributed by atoms with Crippen molar-refractivity contribution >= 4 is 5.91 Å². The number of hydrogen-bond donors (Lipinski definition) is 2. The molecule has 1 aromatic carbocycles. The van der Waals surface area contributed by atoms with E-state index >= 15 is 0 Å². The molecule has 1 aliphatic heterocycles. The van der Waals surface area contributed by atoms with Gasteiger partial charge in [0.15, 0.2) is 0 Å². The predicted octanol–water partition coefficient (Wildman–Crippen LogP) is 1.55. The van der Waals surface area contributed by atoms with E-state index in [1.54, 1.807) is 12.5 Å². The highest BCUT2D eigenvalue weighted by molar-refractivity contribution is 5.76. The minimum Gasteiger partial charge on any atom is -0.369 e. The van der Waals surface area contributed by atoms with Crippen molar-refractivity contribution in [1.29, 1.82) is 0 Å². The average Bonchev–Trinajstić information content (AvgIpc) is 3.17. The first kappa shape index (κ1) is 17.6. The standard InChI is InChI=1S/C19H27N5O/c20-19(25)17-6-11-23(12-7-17)10-1-8-21-14-16-2-4-18(5-3-16)24-13-9-22-15-24/h2-5,9,13,15,17,21H,1,6-8,10-12,14H2,(H2,20,25). The lowest BCUT2D eigenvalue weighted by molar-refractivity contribution is -0.123. The second kappa shape index (κ2) is 8.78. The summed E-state index contributed by atoms with van der Waals surface area (Å²) in [5, 5.41) is 3.50. The van der Waals surface area contributed by atoms with Crippen LogP contribution < -0.4 is 11.1 Å².